The SMILES string of the molecule is COC(=O)c1ccc(N/N=C(/C)c2ccc(Cl)c(Cl)c2Cl)cc1. The van der Waals surface area contributed by atoms with Gasteiger partial charge in [0.15, 0.2) is 0 Å². The highest BCUT2D eigenvalue weighted by Crippen LogP contribution is 2.32. The fraction of sp³-hybridized carbons (Fsp3) is 0.125. The van der Waals surface area contributed by atoms with Crippen LogP contribution in [0.3, 0.4) is 0 Å². The van der Waals surface area contributed by atoms with Crippen molar-refractivity contribution in [2.75, 3.05) is 12.5 Å². The summed E-state index contributed by atoms with van der Waals surface area (Å²) < 4.78 is 4.64. The van der Waals surface area contributed by atoms with Gasteiger partial charge in [0, 0.05) is 5.56 Å². The third kappa shape index (κ3) is 4.16. The summed E-state index contributed by atoms with van der Waals surface area (Å²) >= 11 is 18.1. The lowest BCUT2D eigenvalue weighted by molar-refractivity contribution is 0.0601. The zero-order valence-electron chi connectivity index (χ0n) is 12.4. The molecule has 0 amide bonds. The Balaban J connectivity index is 2.17. The van der Waals surface area contributed by atoms with Crippen LogP contribution in [0.15, 0.2) is 41.5 Å². The average molecular weight is 372 g/mol. The summed E-state index contributed by atoms with van der Waals surface area (Å²) in [4.78, 5) is 11.4. The summed E-state index contributed by atoms with van der Waals surface area (Å²) in [6.07, 6.45) is 0. The number of benzene rings is 2. The minimum Gasteiger partial charge on any atom is -0.465 e. The number of halogens is 3. The molecule has 2 aromatic rings. The minimum absolute atomic E-state index is 0.294. The highest BCUT2D eigenvalue weighted by atomic mass is 35.5. The van der Waals surface area contributed by atoms with Crippen molar-refractivity contribution < 1.29 is 9.53 Å². The first-order chi connectivity index (χ1) is 10.9. The molecule has 23 heavy (non-hydrogen) atoms. The Hall–Kier alpha value is -1.75. The first-order valence-electron chi connectivity index (χ1n) is 6.56. The summed E-state index contributed by atoms with van der Waals surface area (Å²) in [5, 5.41) is 5.29. The van der Waals surface area contributed by atoms with E-state index in [2.05, 4.69) is 15.3 Å². The van der Waals surface area contributed by atoms with Crippen LogP contribution in [0.1, 0.15) is 22.8 Å². The molecular weight excluding hydrogens is 359 g/mol. The molecule has 2 aromatic carbocycles. The number of ether oxygens (including phenoxy) is 1. The van der Waals surface area contributed by atoms with E-state index in [4.69, 9.17) is 34.8 Å². The van der Waals surface area contributed by atoms with Crippen LogP contribution in [0.5, 0.6) is 0 Å². The molecule has 120 valence electrons. The molecule has 0 saturated heterocycles. The number of nitrogens with zero attached hydrogens (tertiary/aromatic N) is 1. The van der Waals surface area contributed by atoms with Gasteiger partial charge >= 0.3 is 5.97 Å². The molecule has 4 nitrogen and oxygen atoms in total. The molecule has 2 rings (SSSR count). The summed E-state index contributed by atoms with van der Waals surface area (Å²) in [7, 11) is 1.34. The van der Waals surface area contributed by atoms with Crippen molar-refractivity contribution in [3.63, 3.8) is 0 Å². The molecule has 0 unspecified atom stereocenters. The number of hydrogen-bond acceptors (Lipinski definition) is 4. The van der Waals surface area contributed by atoms with Crippen molar-refractivity contribution in [1.29, 1.82) is 0 Å². The number of nitrogens with one attached hydrogen (secondary N) is 1. The molecule has 0 spiro atoms. The number of rotatable bonds is 4. The Bertz CT molecular complexity index is 759. The molecule has 0 aliphatic carbocycles. The Kier molecular flexibility index (Phi) is 5.88. The van der Waals surface area contributed by atoms with Gasteiger partial charge in [-0.25, -0.2) is 4.79 Å². The lowest BCUT2D eigenvalue weighted by Gasteiger charge is -2.08. The van der Waals surface area contributed by atoms with Crippen molar-refractivity contribution in [1.82, 2.24) is 0 Å². The largest absolute Gasteiger partial charge is 0.465 e. The predicted octanol–water partition coefficient (Wildman–Crippen LogP) is 5.27. The first-order valence-corrected chi connectivity index (χ1v) is 7.70. The number of carbonyl (C=O) groups excluding carboxylic acids is 1. The maximum Gasteiger partial charge on any atom is 0.337 e. The zero-order valence-corrected chi connectivity index (χ0v) is 14.6. The van der Waals surface area contributed by atoms with Gasteiger partial charge < -0.3 is 4.74 Å². The van der Waals surface area contributed by atoms with Gasteiger partial charge in [-0.05, 0) is 37.3 Å². The van der Waals surface area contributed by atoms with E-state index in [1.54, 1.807) is 43.3 Å². The number of hydrazone groups is 1. The molecule has 0 atom stereocenters. The Labute approximate surface area is 149 Å². The quantitative estimate of drug-likeness (QED) is 0.345. The minimum atomic E-state index is -0.390. The van der Waals surface area contributed by atoms with Crippen LogP contribution in [-0.4, -0.2) is 18.8 Å². The molecule has 7 heteroatoms. The number of methoxy groups -OCH3 is 1. The van der Waals surface area contributed by atoms with Crippen LogP contribution in [0.4, 0.5) is 5.69 Å². The standard InChI is InChI=1S/C16H13Cl3N2O2/c1-9(12-7-8-13(17)15(19)14(12)18)20-21-11-5-3-10(4-6-11)16(22)23-2/h3-8,21H,1-2H3/b20-9-. The maximum absolute atomic E-state index is 11.4. The lowest BCUT2D eigenvalue weighted by atomic mass is 10.1. The monoisotopic (exact) mass is 370 g/mol. The van der Waals surface area contributed by atoms with Gasteiger partial charge in [-0.3, -0.25) is 5.43 Å². The van der Waals surface area contributed by atoms with E-state index in [1.165, 1.54) is 7.11 Å². The van der Waals surface area contributed by atoms with Crippen molar-refractivity contribution >= 4 is 52.2 Å². The van der Waals surface area contributed by atoms with E-state index < -0.39 is 0 Å². The maximum atomic E-state index is 11.4. The van der Waals surface area contributed by atoms with Crippen LogP contribution in [0, 0.1) is 0 Å². The van der Waals surface area contributed by atoms with E-state index in [9.17, 15) is 4.79 Å². The highest BCUT2D eigenvalue weighted by molar-refractivity contribution is 6.49. The lowest BCUT2D eigenvalue weighted by Crippen LogP contribution is -2.02. The molecule has 0 fully saturated rings. The number of esters is 1. The Morgan fingerprint density at radius 3 is 2.30 bits per heavy atom. The molecular formula is C16H13Cl3N2O2. The number of hydrogen-bond donors (Lipinski definition) is 1. The topological polar surface area (TPSA) is 50.7 Å². The zero-order chi connectivity index (χ0) is 17.0. The van der Waals surface area contributed by atoms with Crippen molar-refractivity contribution in [2.45, 2.75) is 6.92 Å². The fourth-order valence-electron chi connectivity index (χ4n) is 1.81. The summed E-state index contributed by atoms with van der Waals surface area (Å²) in [5.41, 5.74) is 5.39. The molecule has 0 heterocycles. The third-order valence-electron chi connectivity index (χ3n) is 3.08. The first kappa shape index (κ1) is 17.6. The molecule has 0 saturated carbocycles. The Morgan fingerprint density at radius 2 is 1.70 bits per heavy atom. The Morgan fingerprint density at radius 1 is 1.04 bits per heavy atom. The highest BCUT2D eigenvalue weighted by Gasteiger charge is 2.11. The molecule has 0 radical (unpaired) electrons. The van der Waals surface area contributed by atoms with Crippen LogP contribution < -0.4 is 5.43 Å². The van der Waals surface area contributed by atoms with Gasteiger partial charge in [0.2, 0.25) is 0 Å². The van der Waals surface area contributed by atoms with Gasteiger partial charge in [-0.2, -0.15) is 5.10 Å². The van der Waals surface area contributed by atoms with Gasteiger partial charge in [0.25, 0.3) is 0 Å². The molecule has 0 aromatic heterocycles. The van der Waals surface area contributed by atoms with E-state index in [0.29, 0.717) is 37.6 Å². The van der Waals surface area contributed by atoms with Crippen molar-refractivity contribution in [2.24, 2.45) is 5.10 Å². The molecule has 0 aliphatic rings. The third-order valence-corrected chi connectivity index (χ3v) is 4.38. The van der Waals surface area contributed by atoms with E-state index >= 15 is 0 Å². The second-order valence-electron chi connectivity index (χ2n) is 4.60. The number of anilines is 1. The van der Waals surface area contributed by atoms with Gasteiger partial charge in [0.05, 0.1) is 39.1 Å². The van der Waals surface area contributed by atoms with Gasteiger partial charge in [0.1, 0.15) is 0 Å². The normalized spacial score (nSPS) is 11.3. The summed E-state index contributed by atoms with van der Waals surface area (Å²) in [6.45, 7) is 1.79. The molecule has 1 N–H and O–H groups in total. The van der Waals surface area contributed by atoms with E-state index in [1.807, 2.05) is 0 Å². The second-order valence-corrected chi connectivity index (χ2v) is 5.76. The molecule has 0 bridgehead atoms. The predicted molar refractivity (Wildman–Crippen MR) is 95.1 cm³/mol. The van der Waals surface area contributed by atoms with Crippen molar-refractivity contribution in [3.05, 3.63) is 62.6 Å². The second kappa shape index (κ2) is 7.68. The fourth-order valence-corrected chi connectivity index (χ4v) is 2.48. The van der Waals surface area contributed by atoms with Crippen LogP contribution in [-0.2, 0) is 4.74 Å². The van der Waals surface area contributed by atoms with Gasteiger partial charge in [-0.1, -0.05) is 40.9 Å². The molecule has 0 aliphatic heterocycles. The van der Waals surface area contributed by atoms with Crippen LogP contribution >= 0.6 is 34.8 Å². The smallest absolute Gasteiger partial charge is 0.337 e. The average Bonchev–Trinajstić information content (AvgIpc) is 2.57. The number of carbonyl (C=O) groups is 1. The van der Waals surface area contributed by atoms with Crippen LogP contribution in [0.2, 0.25) is 15.1 Å². The van der Waals surface area contributed by atoms with Gasteiger partial charge in [-0.15, -0.1) is 0 Å². The summed E-state index contributed by atoms with van der Waals surface area (Å²) in [5.74, 6) is -0.390. The van der Waals surface area contributed by atoms with Crippen LogP contribution in [0.25, 0.3) is 0 Å². The van der Waals surface area contributed by atoms with E-state index in [-0.39, 0.29) is 5.97 Å². The summed E-state index contributed by atoms with van der Waals surface area (Å²) in [6, 6.07) is 10.1. The van der Waals surface area contributed by atoms with E-state index in [0.717, 1.165) is 0 Å². The van der Waals surface area contributed by atoms with Crippen molar-refractivity contribution in [3.8, 4) is 0 Å².